The maximum atomic E-state index is 12.3. The monoisotopic (exact) mass is 271 g/mol. The highest BCUT2D eigenvalue weighted by molar-refractivity contribution is 5.77. The van der Waals surface area contributed by atoms with Crippen LogP contribution in [0.3, 0.4) is 0 Å². The van der Waals surface area contributed by atoms with Crippen molar-refractivity contribution >= 4 is 5.91 Å². The minimum absolute atomic E-state index is 0.149. The van der Waals surface area contributed by atoms with Crippen molar-refractivity contribution in [3.8, 4) is 0 Å². The molecule has 0 saturated heterocycles. The second kappa shape index (κ2) is 12.4. The van der Waals surface area contributed by atoms with Crippen LogP contribution in [-0.2, 0) is 4.79 Å². The first kappa shape index (κ1) is 18.4. The Morgan fingerprint density at radius 3 is 2.00 bits per heavy atom. The zero-order valence-electron chi connectivity index (χ0n) is 13.3. The predicted molar refractivity (Wildman–Crippen MR) is 81.4 cm³/mol. The van der Waals surface area contributed by atoms with Crippen LogP contribution in [0.2, 0.25) is 0 Å². The third kappa shape index (κ3) is 8.22. The zero-order chi connectivity index (χ0) is 14.5. The molecule has 0 radical (unpaired) electrons. The van der Waals surface area contributed by atoms with Crippen LogP contribution in [0.25, 0.3) is 0 Å². The minimum Gasteiger partial charge on any atom is -0.272 e. The average molecular weight is 271 g/mol. The van der Waals surface area contributed by atoms with E-state index in [1.54, 1.807) is 14.1 Å². The van der Waals surface area contributed by atoms with Gasteiger partial charge in [0.1, 0.15) is 0 Å². The molecule has 0 rings (SSSR count). The second-order valence-corrected chi connectivity index (χ2v) is 5.16. The van der Waals surface area contributed by atoms with Gasteiger partial charge in [0.2, 0.25) is 0 Å². The molecule has 1 amide bonds. The van der Waals surface area contributed by atoms with Gasteiger partial charge in [-0.2, -0.15) is 0 Å². The van der Waals surface area contributed by atoms with E-state index in [2.05, 4.69) is 24.7 Å². The van der Waals surface area contributed by atoms with Gasteiger partial charge in [0.25, 0.3) is 5.91 Å². The van der Waals surface area contributed by atoms with Gasteiger partial charge in [-0.05, 0) is 12.8 Å². The Kier molecular flexibility index (Phi) is 12.0. The lowest BCUT2D eigenvalue weighted by molar-refractivity contribution is -0.142. The van der Waals surface area contributed by atoms with E-state index in [9.17, 15) is 4.79 Å². The van der Waals surface area contributed by atoms with E-state index in [0.29, 0.717) is 0 Å². The highest BCUT2D eigenvalue weighted by atomic mass is 16.2. The Balaban J connectivity index is 4.00. The van der Waals surface area contributed by atoms with Crippen molar-refractivity contribution in [3.63, 3.8) is 0 Å². The quantitative estimate of drug-likeness (QED) is 0.423. The highest BCUT2D eigenvalue weighted by Gasteiger charge is 2.21. The van der Waals surface area contributed by atoms with E-state index in [-0.39, 0.29) is 11.8 Å². The molecule has 0 aromatic carbocycles. The first-order valence-corrected chi connectivity index (χ1v) is 7.89. The molecule has 4 nitrogen and oxygen atoms in total. The number of hydrazine groups is 2. The summed E-state index contributed by atoms with van der Waals surface area (Å²) in [6.07, 6.45) is 10.7. The van der Waals surface area contributed by atoms with Crippen molar-refractivity contribution in [3.05, 3.63) is 0 Å². The molecule has 0 saturated carbocycles. The van der Waals surface area contributed by atoms with Gasteiger partial charge in [-0.15, -0.1) is 0 Å². The van der Waals surface area contributed by atoms with Gasteiger partial charge >= 0.3 is 0 Å². The number of hydrogen-bond donors (Lipinski definition) is 2. The van der Waals surface area contributed by atoms with Crippen LogP contribution < -0.4 is 10.9 Å². The topological polar surface area (TPSA) is 44.4 Å². The van der Waals surface area contributed by atoms with Gasteiger partial charge in [-0.3, -0.25) is 4.79 Å². The standard InChI is InChI=1S/C15H33N3O/c1-5-7-8-9-10-11-13-14(12-6-2)15(19)18(16-3)17-4/h14,16-17H,5-13H2,1-4H3. The smallest absolute Gasteiger partial charge is 0.254 e. The van der Waals surface area contributed by atoms with Crippen molar-refractivity contribution in [2.45, 2.75) is 71.6 Å². The zero-order valence-corrected chi connectivity index (χ0v) is 13.3. The number of unbranched alkanes of at least 4 members (excludes halogenated alkanes) is 5. The lowest BCUT2D eigenvalue weighted by atomic mass is 9.95. The molecule has 0 spiro atoms. The predicted octanol–water partition coefficient (Wildman–Crippen LogP) is 3.25. The summed E-state index contributed by atoms with van der Waals surface area (Å²) in [5, 5.41) is 1.50. The van der Waals surface area contributed by atoms with Gasteiger partial charge in [-0.25, -0.2) is 16.0 Å². The minimum atomic E-state index is 0.149. The molecule has 0 bridgehead atoms. The van der Waals surface area contributed by atoms with E-state index in [1.807, 2.05) is 0 Å². The summed E-state index contributed by atoms with van der Waals surface area (Å²) >= 11 is 0. The number of hydrogen-bond acceptors (Lipinski definition) is 3. The van der Waals surface area contributed by atoms with Crippen molar-refractivity contribution in [2.75, 3.05) is 14.1 Å². The van der Waals surface area contributed by atoms with E-state index in [4.69, 9.17) is 0 Å². The maximum absolute atomic E-state index is 12.3. The van der Waals surface area contributed by atoms with Gasteiger partial charge in [-0.1, -0.05) is 58.8 Å². The number of rotatable bonds is 12. The number of amides is 1. The van der Waals surface area contributed by atoms with Crippen LogP contribution in [0.4, 0.5) is 0 Å². The molecular weight excluding hydrogens is 238 g/mol. The van der Waals surface area contributed by atoms with Gasteiger partial charge in [0.05, 0.1) is 0 Å². The Labute approximate surface area is 119 Å². The molecule has 0 fully saturated rings. The third-order valence-corrected chi connectivity index (χ3v) is 3.56. The van der Waals surface area contributed by atoms with Crippen LogP contribution in [0.15, 0.2) is 0 Å². The first-order chi connectivity index (χ1) is 9.21. The van der Waals surface area contributed by atoms with Crippen LogP contribution in [-0.4, -0.2) is 25.1 Å². The fourth-order valence-corrected chi connectivity index (χ4v) is 2.43. The molecule has 114 valence electrons. The fourth-order valence-electron chi connectivity index (χ4n) is 2.43. The van der Waals surface area contributed by atoms with E-state index >= 15 is 0 Å². The van der Waals surface area contributed by atoms with Gasteiger partial charge in [0, 0.05) is 20.0 Å². The van der Waals surface area contributed by atoms with Crippen LogP contribution in [0.5, 0.6) is 0 Å². The summed E-state index contributed by atoms with van der Waals surface area (Å²) in [4.78, 5) is 12.3. The van der Waals surface area contributed by atoms with Gasteiger partial charge < -0.3 is 0 Å². The van der Waals surface area contributed by atoms with Crippen LogP contribution in [0.1, 0.15) is 71.6 Å². The van der Waals surface area contributed by atoms with Crippen LogP contribution in [0, 0.1) is 5.92 Å². The number of carbonyl (C=O) groups excluding carboxylic acids is 1. The third-order valence-electron chi connectivity index (χ3n) is 3.56. The molecule has 19 heavy (non-hydrogen) atoms. The highest BCUT2D eigenvalue weighted by Crippen LogP contribution is 2.18. The molecule has 2 N–H and O–H groups in total. The van der Waals surface area contributed by atoms with Crippen molar-refractivity contribution in [1.29, 1.82) is 0 Å². The Morgan fingerprint density at radius 1 is 0.895 bits per heavy atom. The average Bonchev–Trinajstić information content (AvgIpc) is 2.42. The lowest BCUT2D eigenvalue weighted by Gasteiger charge is -2.25. The molecule has 0 aromatic rings. The fraction of sp³-hybridized carbons (Fsp3) is 0.933. The van der Waals surface area contributed by atoms with Crippen LogP contribution >= 0.6 is 0 Å². The van der Waals surface area contributed by atoms with Gasteiger partial charge in [0.15, 0.2) is 0 Å². The Hall–Kier alpha value is -0.610. The summed E-state index contributed by atoms with van der Waals surface area (Å²) in [6.45, 7) is 4.38. The number of carbonyl (C=O) groups is 1. The number of nitrogens with zero attached hydrogens (tertiary/aromatic N) is 1. The summed E-state index contributed by atoms with van der Waals surface area (Å²) in [6, 6.07) is 0. The van der Waals surface area contributed by atoms with Crippen molar-refractivity contribution < 1.29 is 4.79 Å². The molecule has 0 aliphatic rings. The van der Waals surface area contributed by atoms with Crippen molar-refractivity contribution in [2.24, 2.45) is 5.92 Å². The summed E-state index contributed by atoms with van der Waals surface area (Å²) < 4.78 is 0. The second-order valence-electron chi connectivity index (χ2n) is 5.16. The largest absolute Gasteiger partial charge is 0.272 e. The molecule has 4 heteroatoms. The van der Waals surface area contributed by atoms with E-state index in [1.165, 1.54) is 43.6 Å². The Morgan fingerprint density at radius 2 is 1.47 bits per heavy atom. The normalized spacial score (nSPS) is 12.4. The molecule has 0 aliphatic carbocycles. The van der Waals surface area contributed by atoms with Crippen molar-refractivity contribution in [1.82, 2.24) is 16.0 Å². The first-order valence-electron chi connectivity index (χ1n) is 7.89. The molecule has 0 aromatic heterocycles. The summed E-state index contributed by atoms with van der Waals surface area (Å²) in [5.74, 6) is 0.316. The SMILES string of the molecule is CCCCCCCCC(CCC)C(=O)N(NC)NC. The molecule has 1 atom stereocenters. The maximum Gasteiger partial charge on any atom is 0.254 e. The number of nitrogens with one attached hydrogen (secondary N) is 2. The summed E-state index contributed by atoms with van der Waals surface area (Å²) in [7, 11) is 3.53. The van der Waals surface area contributed by atoms with E-state index < -0.39 is 0 Å². The molecular formula is C15H33N3O. The molecule has 0 heterocycles. The van der Waals surface area contributed by atoms with E-state index in [0.717, 1.165) is 19.3 Å². The molecule has 1 unspecified atom stereocenters. The summed E-state index contributed by atoms with van der Waals surface area (Å²) in [5.41, 5.74) is 5.76. The molecule has 0 aliphatic heterocycles. The Bertz CT molecular complexity index is 217. The lowest BCUT2D eigenvalue weighted by Crippen LogP contribution is -2.51.